The van der Waals surface area contributed by atoms with E-state index in [9.17, 15) is 4.79 Å². The minimum atomic E-state index is 0.173. The maximum atomic E-state index is 12.7. The second kappa shape index (κ2) is 8.21. The van der Waals surface area contributed by atoms with Crippen molar-refractivity contribution in [1.29, 1.82) is 0 Å². The third-order valence-corrected chi connectivity index (χ3v) is 5.80. The number of rotatable bonds is 5. The SMILES string of the molecule is CCc1ccsc1C(=O)N1CCN(Cc2cc(Cl)ccc2OC)CC1. The lowest BCUT2D eigenvalue weighted by molar-refractivity contribution is 0.0631. The minimum absolute atomic E-state index is 0.173. The predicted molar refractivity (Wildman–Crippen MR) is 103 cm³/mol. The van der Waals surface area contributed by atoms with E-state index in [0.29, 0.717) is 0 Å². The number of ether oxygens (including phenoxy) is 1. The van der Waals surface area contributed by atoms with Crippen LogP contribution in [-0.4, -0.2) is 49.0 Å². The summed E-state index contributed by atoms with van der Waals surface area (Å²) in [5, 5.41) is 2.72. The Labute approximate surface area is 158 Å². The van der Waals surface area contributed by atoms with Crippen molar-refractivity contribution in [3.63, 3.8) is 0 Å². The molecular formula is C19H23ClN2O2S. The highest BCUT2D eigenvalue weighted by molar-refractivity contribution is 7.12. The van der Waals surface area contributed by atoms with Crippen LogP contribution in [0.15, 0.2) is 29.6 Å². The molecule has 1 saturated heterocycles. The lowest BCUT2D eigenvalue weighted by atomic mass is 10.1. The number of hydrogen-bond donors (Lipinski definition) is 0. The largest absolute Gasteiger partial charge is 0.496 e. The summed E-state index contributed by atoms with van der Waals surface area (Å²) < 4.78 is 5.43. The van der Waals surface area contributed by atoms with Crippen LogP contribution in [0.3, 0.4) is 0 Å². The van der Waals surface area contributed by atoms with Crippen molar-refractivity contribution in [2.45, 2.75) is 19.9 Å². The number of methoxy groups -OCH3 is 1. The zero-order valence-corrected chi connectivity index (χ0v) is 16.2. The third kappa shape index (κ3) is 4.17. The van der Waals surface area contributed by atoms with E-state index in [-0.39, 0.29) is 5.91 Å². The molecule has 1 aromatic heterocycles. The maximum Gasteiger partial charge on any atom is 0.264 e. The standard InChI is InChI=1S/C19H23ClN2O2S/c1-3-14-6-11-25-18(14)19(23)22-9-7-21(8-10-22)13-15-12-16(20)4-5-17(15)24-2/h4-6,11-12H,3,7-10,13H2,1-2H3. The Morgan fingerprint density at radius 1 is 1.20 bits per heavy atom. The predicted octanol–water partition coefficient (Wildman–Crippen LogP) is 3.93. The lowest BCUT2D eigenvalue weighted by Crippen LogP contribution is -2.48. The molecule has 2 aromatic rings. The molecule has 25 heavy (non-hydrogen) atoms. The number of halogens is 1. The first-order valence-electron chi connectivity index (χ1n) is 8.52. The zero-order valence-electron chi connectivity index (χ0n) is 14.6. The van der Waals surface area contributed by atoms with Gasteiger partial charge in [-0.3, -0.25) is 9.69 Å². The second-order valence-corrected chi connectivity index (χ2v) is 7.51. The number of piperazine rings is 1. The summed E-state index contributed by atoms with van der Waals surface area (Å²) in [6, 6.07) is 7.75. The van der Waals surface area contributed by atoms with E-state index in [1.165, 1.54) is 0 Å². The molecule has 134 valence electrons. The monoisotopic (exact) mass is 378 g/mol. The first-order chi connectivity index (χ1) is 12.1. The fourth-order valence-electron chi connectivity index (χ4n) is 3.17. The molecule has 0 spiro atoms. The van der Waals surface area contributed by atoms with Crippen molar-refractivity contribution in [1.82, 2.24) is 9.80 Å². The molecule has 0 atom stereocenters. The first-order valence-corrected chi connectivity index (χ1v) is 9.78. The van der Waals surface area contributed by atoms with Crippen molar-refractivity contribution in [3.05, 3.63) is 50.7 Å². The Balaban J connectivity index is 1.61. The molecule has 4 nitrogen and oxygen atoms in total. The van der Waals surface area contributed by atoms with Gasteiger partial charge in [0.25, 0.3) is 5.91 Å². The van der Waals surface area contributed by atoms with E-state index in [2.05, 4.69) is 17.9 Å². The van der Waals surface area contributed by atoms with Crippen LogP contribution >= 0.6 is 22.9 Å². The molecule has 1 aliphatic rings. The van der Waals surface area contributed by atoms with Crippen LogP contribution in [0.4, 0.5) is 0 Å². The molecule has 0 N–H and O–H groups in total. The van der Waals surface area contributed by atoms with Crippen molar-refractivity contribution in [3.8, 4) is 5.75 Å². The number of benzene rings is 1. The number of amides is 1. The summed E-state index contributed by atoms with van der Waals surface area (Å²) >= 11 is 7.67. The van der Waals surface area contributed by atoms with Gasteiger partial charge in [0.15, 0.2) is 0 Å². The number of aryl methyl sites for hydroxylation is 1. The van der Waals surface area contributed by atoms with Gasteiger partial charge in [-0.25, -0.2) is 0 Å². The molecule has 0 radical (unpaired) electrons. The first kappa shape index (κ1) is 18.2. The Kier molecular flexibility index (Phi) is 5.99. The van der Waals surface area contributed by atoms with E-state index in [1.807, 2.05) is 28.5 Å². The highest BCUT2D eigenvalue weighted by atomic mass is 35.5. The van der Waals surface area contributed by atoms with Gasteiger partial charge in [-0.15, -0.1) is 11.3 Å². The van der Waals surface area contributed by atoms with E-state index in [1.54, 1.807) is 18.4 Å². The van der Waals surface area contributed by atoms with Gasteiger partial charge in [-0.05, 0) is 41.6 Å². The topological polar surface area (TPSA) is 32.8 Å². The van der Waals surface area contributed by atoms with Crippen molar-refractivity contribution in [2.24, 2.45) is 0 Å². The molecule has 2 heterocycles. The quantitative estimate of drug-likeness (QED) is 0.790. The Hall–Kier alpha value is -1.56. The lowest BCUT2D eigenvalue weighted by Gasteiger charge is -2.35. The van der Waals surface area contributed by atoms with Gasteiger partial charge in [0.1, 0.15) is 5.75 Å². The molecule has 3 rings (SSSR count). The van der Waals surface area contributed by atoms with E-state index in [0.717, 1.165) is 65.9 Å². The molecule has 1 aliphatic heterocycles. The summed E-state index contributed by atoms with van der Waals surface area (Å²) in [5.74, 6) is 1.03. The van der Waals surface area contributed by atoms with E-state index >= 15 is 0 Å². The fourth-order valence-corrected chi connectivity index (χ4v) is 4.32. The average Bonchev–Trinajstić information content (AvgIpc) is 3.11. The number of carbonyl (C=O) groups is 1. The second-order valence-electron chi connectivity index (χ2n) is 6.15. The number of hydrogen-bond acceptors (Lipinski definition) is 4. The number of carbonyl (C=O) groups excluding carboxylic acids is 1. The maximum absolute atomic E-state index is 12.7. The van der Waals surface area contributed by atoms with Crippen LogP contribution in [0, 0.1) is 0 Å². The fraction of sp³-hybridized carbons (Fsp3) is 0.421. The molecule has 0 aliphatic carbocycles. The molecule has 0 bridgehead atoms. The van der Waals surface area contributed by atoms with Crippen molar-refractivity contribution >= 4 is 28.8 Å². The molecule has 1 fully saturated rings. The summed E-state index contributed by atoms with van der Waals surface area (Å²) in [5.41, 5.74) is 2.24. The number of thiophene rings is 1. The summed E-state index contributed by atoms with van der Waals surface area (Å²) in [6.45, 7) is 6.09. The van der Waals surface area contributed by atoms with Crippen LogP contribution in [0.2, 0.25) is 5.02 Å². The smallest absolute Gasteiger partial charge is 0.264 e. The third-order valence-electron chi connectivity index (χ3n) is 4.62. The molecule has 1 amide bonds. The zero-order chi connectivity index (χ0) is 17.8. The summed E-state index contributed by atoms with van der Waals surface area (Å²) in [7, 11) is 1.68. The summed E-state index contributed by atoms with van der Waals surface area (Å²) in [4.78, 5) is 17.9. The van der Waals surface area contributed by atoms with Crippen LogP contribution in [0.25, 0.3) is 0 Å². The van der Waals surface area contributed by atoms with Gasteiger partial charge < -0.3 is 9.64 Å². The van der Waals surface area contributed by atoms with Crippen molar-refractivity contribution < 1.29 is 9.53 Å². The molecule has 6 heteroatoms. The van der Waals surface area contributed by atoms with Gasteiger partial charge in [0.05, 0.1) is 12.0 Å². The van der Waals surface area contributed by atoms with Crippen LogP contribution in [0.5, 0.6) is 5.75 Å². The van der Waals surface area contributed by atoms with Gasteiger partial charge in [-0.2, -0.15) is 0 Å². The van der Waals surface area contributed by atoms with Crippen LogP contribution in [-0.2, 0) is 13.0 Å². The molecule has 0 unspecified atom stereocenters. The van der Waals surface area contributed by atoms with E-state index < -0.39 is 0 Å². The Morgan fingerprint density at radius 2 is 1.96 bits per heavy atom. The Morgan fingerprint density at radius 3 is 2.64 bits per heavy atom. The number of nitrogens with zero attached hydrogens (tertiary/aromatic N) is 2. The highest BCUT2D eigenvalue weighted by Crippen LogP contribution is 2.25. The molecular weight excluding hydrogens is 356 g/mol. The Bertz CT molecular complexity index is 739. The molecule has 0 saturated carbocycles. The minimum Gasteiger partial charge on any atom is -0.496 e. The molecule has 1 aromatic carbocycles. The van der Waals surface area contributed by atoms with Crippen LogP contribution in [0.1, 0.15) is 27.7 Å². The van der Waals surface area contributed by atoms with Gasteiger partial charge in [0.2, 0.25) is 0 Å². The highest BCUT2D eigenvalue weighted by Gasteiger charge is 2.24. The average molecular weight is 379 g/mol. The van der Waals surface area contributed by atoms with E-state index in [4.69, 9.17) is 16.3 Å². The normalized spacial score (nSPS) is 15.4. The van der Waals surface area contributed by atoms with Gasteiger partial charge in [-0.1, -0.05) is 18.5 Å². The van der Waals surface area contributed by atoms with Crippen LogP contribution < -0.4 is 4.74 Å². The van der Waals surface area contributed by atoms with Gasteiger partial charge >= 0.3 is 0 Å². The summed E-state index contributed by atoms with van der Waals surface area (Å²) in [6.07, 6.45) is 0.902. The van der Waals surface area contributed by atoms with Crippen molar-refractivity contribution in [2.75, 3.05) is 33.3 Å². The van der Waals surface area contributed by atoms with Gasteiger partial charge in [0, 0.05) is 43.3 Å².